The Morgan fingerprint density at radius 1 is 1.29 bits per heavy atom. The van der Waals surface area contributed by atoms with Crippen LogP contribution in [0.5, 0.6) is 0 Å². The van der Waals surface area contributed by atoms with Gasteiger partial charge >= 0.3 is 5.97 Å². The van der Waals surface area contributed by atoms with Crippen molar-refractivity contribution in [2.24, 2.45) is 5.10 Å². The first-order valence-electron chi connectivity index (χ1n) is 6.83. The fourth-order valence-electron chi connectivity index (χ4n) is 2.43. The Labute approximate surface area is 127 Å². The molecule has 0 aliphatic carbocycles. The molecule has 1 aromatic carbocycles. The van der Waals surface area contributed by atoms with E-state index < -0.39 is 0 Å². The number of hydrogen-bond acceptors (Lipinski definition) is 5. The van der Waals surface area contributed by atoms with Crippen molar-refractivity contribution in [3.8, 4) is 0 Å². The van der Waals surface area contributed by atoms with Crippen LogP contribution in [-0.4, -0.2) is 24.8 Å². The van der Waals surface area contributed by atoms with Crippen LogP contribution in [0.4, 0.5) is 5.69 Å². The Kier molecular flexibility index (Phi) is 4.01. The number of carbonyl (C=O) groups excluding carboxylic acids is 1. The highest BCUT2D eigenvalue weighted by Gasteiger charge is 2.31. The third-order valence-electron chi connectivity index (χ3n) is 3.48. The number of hydrazone groups is 1. The molecule has 1 atom stereocenters. The second-order valence-electron chi connectivity index (χ2n) is 4.78. The molecule has 21 heavy (non-hydrogen) atoms. The summed E-state index contributed by atoms with van der Waals surface area (Å²) in [6, 6.07) is 13.5. The lowest BCUT2D eigenvalue weighted by atomic mass is 10.0. The van der Waals surface area contributed by atoms with E-state index in [2.05, 4.69) is 6.07 Å². The van der Waals surface area contributed by atoms with Crippen LogP contribution in [-0.2, 0) is 9.53 Å². The Morgan fingerprint density at radius 2 is 2.10 bits per heavy atom. The topological polar surface area (TPSA) is 41.9 Å². The molecule has 108 valence electrons. The van der Waals surface area contributed by atoms with Gasteiger partial charge in [0.25, 0.3) is 0 Å². The van der Waals surface area contributed by atoms with Gasteiger partial charge in [0.15, 0.2) is 6.04 Å². The molecule has 0 fully saturated rings. The van der Waals surface area contributed by atoms with Crippen LogP contribution in [0.15, 0.2) is 52.9 Å². The van der Waals surface area contributed by atoms with Crippen LogP contribution in [0.25, 0.3) is 0 Å². The molecule has 0 saturated heterocycles. The highest BCUT2D eigenvalue weighted by atomic mass is 32.1. The molecule has 1 aromatic heterocycles. The van der Waals surface area contributed by atoms with Gasteiger partial charge in [-0.25, -0.2) is 4.79 Å². The van der Waals surface area contributed by atoms with Gasteiger partial charge in [0.05, 0.1) is 23.4 Å². The zero-order valence-corrected chi connectivity index (χ0v) is 12.5. The molecule has 1 aliphatic heterocycles. The van der Waals surface area contributed by atoms with Gasteiger partial charge in [0, 0.05) is 0 Å². The number of esters is 1. The maximum absolute atomic E-state index is 12.0. The Morgan fingerprint density at radius 3 is 2.76 bits per heavy atom. The van der Waals surface area contributed by atoms with E-state index in [1.54, 1.807) is 16.3 Å². The van der Waals surface area contributed by atoms with Gasteiger partial charge in [-0.3, -0.25) is 5.01 Å². The lowest BCUT2D eigenvalue weighted by Gasteiger charge is -2.31. The Hall–Kier alpha value is -2.14. The van der Waals surface area contributed by atoms with E-state index in [-0.39, 0.29) is 12.0 Å². The quantitative estimate of drug-likeness (QED) is 0.817. The van der Waals surface area contributed by atoms with Gasteiger partial charge in [-0.2, -0.15) is 5.10 Å². The van der Waals surface area contributed by atoms with E-state index in [0.29, 0.717) is 6.42 Å². The third-order valence-corrected chi connectivity index (χ3v) is 4.40. The fourth-order valence-corrected chi connectivity index (χ4v) is 3.17. The first-order valence-corrected chi connectivity index (χ1v) is 7.71. The number of nitrogens with zero attached hydrogens (tertiary/aromatic N) is 2. The number of benzene rings is 1. The minimum absolute atomic E-state index is 0.243. The van der Waals surface area contributed by atoms with Crippen LogP contribution in [0.1, 0.15) is 17.7 Å². The summed E-state index contributed by atoms with van der Waals surface area (Å²) >= 11 is 1.67. The predicted octanol–water partition coefficient (Wildman–Crippen LogP) is 3.29. The number of ether oxygens (including phenoxy) is 1. The number of thiophene rings is 1. The van der Waals surface area contributed by atoms with Crippen molar-refractivity contribution in [2.45, 2.75) is 18.9 Å². The lowest BCUT2D eigenvalue weighted by Crippen LogP contribution is -2.42. The highest BCUT2D eigenvalue weighted by Crippen LogP contribution is 2.27. The zero-order chi connectivity index (χ0) is 14.7. The maximum Gasteiger partial charge on any atom is 0.330 e. The molecule has 2 heterocycles. The maximum atomic E-state index is 12.0. The third kappa shape index (κ3) is 2.83. The van der Waals surface area contributed by atoms with Gasteiger partial charge in [0.2, 0.25) is 0 Å². The minimum Gasteiger partial charge on any atom is -0.467 e. The van der Waals surface area contributed by atoms with E-state index in [1.807, 2.05) is 41.8 Å². The lowest BCUT2D eigenvalue weighted by molar-refractivity contribution is -0.142. The molecule has 3 rings (SSSR count). The smallest absolute Gasteiger partial charge is 0.330 e. The largest absolute Gasteiger partial charge is 0.467 e. The van der Waals surface area contributed by atoms with Crippen molar-refractivity contribution in [1.29, 1.82) is 0 Å². The summed E-state index contributed by atoms with van der Waals surface area (Å²) in [5.74, 6) is -0.243. The molecule has 5 heteroatoms. The predicted molar refractivity (Wildman–Crippen MR) is 84.8 cm³/mol. The molecule has 0 N–H and O–H groups in total. The normalized spacial score (nSPS) is 18.2. The molecule has 1 aliphatic rings. The van der Waals surface area contributed by atoms with Gasteiger partial charge in [0.1, 0.15) is 0 Å². The SMILES string of the molecule is COC(=O)C1CCC(c2cccs2)=NN1c1ccccc1. The molecule has 0 amide bonds. The number of rotatable bonds is 3. The Bertz CT molecular complexity index is 638. The molecule has 0 radical (unpaired) electrons. The second kappa shape index (κ2) is 6.10. The van der Waals surface area contributed by atoms with Gasteiger partial charge < -0.3 is 4.74 Å². The van der Waals surface area contributed by atoms with Crippen molar-refractivity contribution < 1.29 is 9.53 Å². The van der Waals surface area contributed by atoms with Crippen molar-refractivity contribution >= 4 is 28.7 Å². The number of carbonyl (C=O) groups is 1. The molecule has 4 nitrogen and oxygen atoms in total. The van der Waals surface area contributed by atoms with Gasteiger partial charge in [-0.05, 0) is 36.4 Å². The van der Waals surface area contributed by atoms with E-state index in [0.717, 1.165) is 22.7 Å². The monoisotopic (exact) mass is 300 g/mol. The summed E-state index contributed by atoms with van der Waals surface area (Å²) in [5.41, 5.74) is 1.93. The van der Waals surface area contributed by atoms with Crippen molar-refractivity contribution in [2.75, 3.05) is 12.1 Å². The van der Waals surface area contributed by atoms with Crippen LogP contribution < -0.4 is 5.01 Å². The van der Waals surface area contributed by atoms with E-state index >= 15 is 0 Å². The average Bonchev–Trinajstić information content (AvgIpc) is 3.09. The highest BCUT2D eigenvalue weighted by molar-refractivity contribution is 7.12. The van der Waals surface area contributed by atoms with Crippen LogP contribution in [0.2, 0.25) is 0 Å². The summed E-state index contributed by atoms with van der Waals surface area (Å²) in [5, 5.41) is 8.53. The van der Waals surface area contributed by atoms with E-state index in [4.69, 9.17) is 9.84 Å². The summed E-state index contributed by atoms with van der Waals surface area (Å²) in [6.45, 7) is 0. The zero-order valence-electron chi connectivity index (χ0n) is 11.7. The summed E-state index contributed by atoms with van der Waals surface area (Å²) in [4.78, 5) is 13.2. The molecule has 1 unspecified atom stereocenters. The number of hydrogen-bond donors (Lipinski definition) is 0. The van der Waals surface area contributed by atoms with Gasteiger partial charge in [-0.15, -0.1) is 11.3 Å². The van der Waals surface area contributed by atoms with Gasteiger partial charge in [-0.1, -0.05) is 24.3 Å². The molecular formula is C16H16N2O2S. The van der Waals surface area contributed by atoms with Crippen LogP contribution in [0.3, 0.4) is 0 Å². The molecule has 0 bridgehead atoms. The summed E-state index contributed by atoms with van der Waals surface area (Å²) in [6.07, 6.45) is 1.49. The number of para-hydroxylation sites is 1. The minimum atomic E-state index is -0.360. The van der Waals surface area contributed by atoms with Crippen molar-refractivity contribution in [3.05, 3.63) is 52.7 Å². The first kappa shape index (κ1) is 13.8. The fraction of sp³-hybridized carbons (Fsp3) is 0.250. The number of anilines is 1. The van der Waals surface area contributed by atoms with Crippen LogP contribution >= 0.6 is 11.3 Å². The average molecular weight is 300 g/mol. The molecule has 0 saturated carbocycles. The molecule has 2 aromatic rings. The Balaban J connectivity index is 1.98. The molecular weight excluding hydrogens is 284 g/mol. The number of methoxy groups -OCH3 is 1. The van der Waals surface area contributed by atoms with E-state index in [9.17, 15) is 4.79 Å². The summed E-state index contributed by atoms with van der Waals surface area (Å²) in [7, 11) is 1.42. The summed E-state index contributed by atoms with van der Waals surface area (Å²) < 4.78 is 4.92. The standard InChI is InChI=1S/C16H16N2O2S/c1-20-16(19)14-10-9-13(15-8-5-11-21-15)17-18(14)12-6-3-2-4-7-12/h2-8,11,14H,9-10H2,1H3. The van der Waals surface area contributed by atoms with Crippen molar-refractivity contribution in [1.82, 2.24) is 0 Å². The van der Waals surface area contributed by atoms with E-state index in [1.165, 1.54) is 7.11 Å². The second-order valence-corrected chi connectivity index (χ2v) is 5.73. The first-order chi connectivity index (χ1) is 10.3. The van der Waals surface area contributed by atoms with Crippen molar-refractivity contribution in [3.63, 3.8) is 0 Å². The molecule has 0 spiro atoms. The van der Waals surface area contributed by atoms with Crippen LogP contribution in [0, 0.1) is 0 Å².